The Morgan fingerprint density at radius 3 is 2.71 bits per heavy atom. The molecule has 24 heavy (non-hydrogen) atoms. The lowest BCUT2D eigenvalue weighted by atomic mass is 10.1. The van der Waals surface area contributed by atoms with Crippen molar-refractivity contribution < 1.29 is 19.0 Å². The van der Waals surface area contributed by atoms with Crippen molar-refractivity contribution in [3.8, 4) is 17.2 Å². The van der Waals surface area contributed by atoms with Crippen LogP contribution in [0.5, 0.6) is 17.2 Å². The first-order chi connectivity index (χ1) is 11.7. The van der Waals surface area contributed by atoms with Crippen LogP contribution in [0.25, 0.3) is 0 Å². The zero-order chi connectivity index (χ0) is 16.9. The zero-order valence-electron chi connectivity index (χ0n) is 13.9. The first-order valence-corrected chi connectivity index (χ1v) is 8.16. The molecule has 1 aliphatic heterocycles. The third-order valence-corrected chi connectivity index (χ3v) is 3.76. The van der Waals surface area contributed by atoms with Crippen LogP contribution in [0.15, 0.2) is 42.5 Å². The fourth-order valence-electron chi connectivity index (χ4n) is 2.69. The van der Waals surface area contributed by atoms with Gasteiger partial charge in [0.25, 0.3) is 5.91 Å². The number of hydrogen-bond acceptors (Lipinski definition) is 4. The fourth-order valence-corrected chi connectivity index (χ4v) is 2.69. The number of hydrogen-bond donors (Lipinski definition) is 1. The van der Waals surface area contributed by atoms with Crippen LogP contribution in [-0.2, 0) is 11.2 Å². The van der Waals surface area contributed by atoms with Crippen molar-refractivity contribution in [2.75, 3.05) is 18.5 Å². The number of ether oxygens (including phenoxy) is 3. The van der Waals surface area contributed by atoms with E-state index < -0.39 is 6.10 Å². The Labute approximate surface area is 141 Å². The third-order valence-electron chi connectivity index (χ3n) is 3.76. The summed E-state index contributed by atoms with van der Waals surface area (Å²) in [5.74, 6) is 1.88. The Bertz CT molecular complexity index is 704. The second-order valence-corrected chi connectivity index (χ2v) is 5.43. The summed E-state index contributed by atoms with van der Waals surface area (Å²) in [5, 5.41) is 2.90. The van der Waals surface area contributed by atoms with E-state index in [0.29, 0.717) is 36.8 Å². The van der Waals surface area contributed by atoms with Gasteiger partial charge in [-0.15, -0.1) is 0 Å². The Kier molecular flexibility index (Phi) is 4.89. The van der Waals surface area contributed by atoms with Crippen LogP contribution in [0.3, 0.4) is 0 Å². The van der Waals surface area contributed by atoms with Crippen LogP contribution < -0.4 is 19.5 Å². The molecule has 2 aromatic rings. The van der Waals surface area contributed by atoms with Gasteiger partial charge in [-0.2, -0.15) is 0 Å². The number of fused-ring (bicyclic) bond motifs is 1. The summed E-state index contributed by atoms with van der Waals surface area (Å²) in [7, 11) is 0. The summed E-state index contributed by atoms with van der Waals surface area (Å²) >= 11 is 0. The van der Waals surface area contributed by atoms with Gasteiger partial charge in [-0.25, -0.2) is 0 Å². The zero-order valence-corrected chi connectivity index (χ0v) is 13.9. The molecule has 0 aliphatic carbocycles. The smallest absolute Gasteiger partial charge is 0.265 e. The van der Waals surface area contributed by atoms with Gasteiger partial charge in [0.1, 0.15) is 17.2 Å². The normalized spacial score (nSPS) is 15.3. The van der Waals surface area contributed by atoms with Crippen LogP contribution in [0.4, 0.5) is 5.69 Å². The molecule has 1 amide bonds. The van der Waals surface area contributed by atoms with Crippen LogP contribution in [0.2, 0.25) is 0 Å². The molecule has 2 aromatic carbocycles. The van der Waals surface area contributed by atoms with E-state index >= 15 is 0 Å². The lowest BCUT2D eigenvalue weighted by molar-refractivity contribution is -0.122. The van der Waals surface area contributed by atoms with Crippen molar-refractivity contribution in [3.63, 3.8) is 0 Å². The van der Waals surface area contributed by atoms with Gasteiger partial charge < -0.3 is 19.5 Å². The molecule has 0 fully saturated rings. The molecule has 0 spiro atoms. The lowest BCUT2D eigenvalue weighted by Crippen LogP contribution is -2.31. The van der Waals surface area contributed by atoms with E-state index in [1.54, 1.807) is 12.1 Å². The van der Waals surface area contributed by atoms with Crippen molar-refractivity contribution in [3.05, 3.63) is 48.0 Å². The number of para-hydroxylation sites is 1. The van der Waals surface area contributed by atoms with E-state index in [4.69, 9.17) is 14.2 Å². The number of nitrogens with one attached hydrogen (secondary N) is 1. The SMILES string of the molecule is CCOc1ccc(OCC)c(NC(=O)[C@@H]2Cc3ccccc3O2)c1. The van der Waals surface area contributed by atoms with Crippen molar-refractivity contribution in [1.82, 2.24) is 0 Å². The first kappa shape index (κ1) is 16.2. The minimum absolute atomic E-state index is 0.194. The molecule has 126 valence electrons. The van der Waals surface area contributed by atoms with Crippen molar-refractivity contribution in [2.24, 2.45) is 0 Å². The van der Waals surface area contributed by atoms with Gasteiger partial charge in [0, 0.05) is 12.5 Å². The summed E-state index contributed by atoms with van der Waals surface area (Å²) in [6.45, 7) is 4.89. The van der Waals surface area contributed by atoms with Gasteiger partial charge in [-0.3, -0.25) is 4.79 Å². The molecule has 5 nitrogen and oxygen atoms in total. The summed E-state index contributed by atoms with van der Waals surface area (Å²) in [4.78, 5) is 12.6. The molecular formula is C19H21NO4. The number of anilines is 1. The molecule has 0 aromatic heterocycles. The monoisotopic (exact) mass is 327 g/mol. The number of rotatable bonds is 6. The van der Waals surface area contributed by atoms with Crippen LogP contribution in [0, 0.1) is 0 Å². The Balaban J connectivity index is 1.75. The van der Waals surface area contributed by atoms with E-state index in [-0.39, 0.29) is 5.91 Å². The molecule has 1 aliphatic rings. The molecule has 1 atom stereocenters. The predicted octanol–water partition coefficient (Wildman–Crippen LogP) is 3.43. The molecule has 0 radical (unpaired) electrons. The molecule has 0 saturated heterocycles. The standard InChI is InChI=1S/C19H21NO4/c1-3-22-14-9-10-17(23-4-2)15(12-14)20-19(21)18-11-13-7-5-6-8-16(13)24-18/h5-10,12,18H,3-4,11H2,1-2H3,(H,20,21)/t18-/m0/s1. The largest absolute Gasteiger partial charge is 0.494 e. The van der Waals surface area contributed by atoms with Gasteiger partial charge in [0.15, 0.2) is 6.10 Å². The van der Waals surface area contributed by atoms with E-state index in [9.17, 15) is 4.79 Å². The van der Waals surface area contributed by atoms with Gasteiger partial charge in [0.2, 0.25) is 0 Å². The van der Waals surface area contributed by atoms with Gasteiger partial charge in [0.05, 0.1) is 18.9 Å². The molecule has 3 rings (SSSR count). The number of benzene rings is 2. The second kappa shape index (κ2) is 7.25. The van der Waals surface area contributed by atoms with Gasteiger partial charge >= 0.3 is 0 Å². The second-order valence-electron chi connectivity index (χ2n) is 5.43. The van der Waals surface area contributed by atoms with Crippen LogP contribution in [-0.4, -0.2) is 25.2 Å². The Morgan fingerprint density at radius 2 is 1.96 bits per heavy atom. The molecule has 0 saturated carbocycles. The number of amides is 1. The van der Waals surface area contributed by atoms with Gasteiger partial charge in [-0.05, 0) is 37.6 Å². The summed E-state index contributed by atoms with van der Waals surface area (Å²) in [6, 6.07) is 13.1. The number of carbonyl (C=O) groups is 1. The maximum Gasteiger partial charge on any atom is 0.265 e. The van der Waals surface area contributed by atoms with Crippen molar-refractivity contribution in [1.29, 1.82) is 0 Å². The van der Waals surface area contributed by atoms with Crippen molar-refractivity contribution >= 4 is 11.6 Å². The number of carbonyl (C=O) groups excluding carboxylic acids is 1. The minimum Gasteiger partial charge on any atom is -0.494 e. The molecule has 0 unspecified atom stereocenters. The van der Waals surface area contributed by atoms with Crippen LogP contribution >= 0.6 is 0 Å². The van der Waals surface area contributed by atoms with E-state index in [0.717, 1.165) is 11.3 Å². The van der Waals surface area contributed by atoms with E-state index in [1.807, 2.05) is 44.2 Å². The predicted molar refractivity (Wildman–Crippen MR) is 92.0 cm³/mol. The highest BCUT2D eigenvalue weighted by Gasteiger charge is 2.29. The highest BCUT2D eigenvalue weighted by Crippen LogP contribution is 2.32. The molecule has 0 bridgehead atoms. The molecular weight excluding hydrogens is 306 g/mol. The topological polar surface area (TPSA) is 56.8 Å². The molecule has 5 heteroatoms. The molecule has 1 heterocycles. The quantitative estimate of drug-likeness (QED) is 0.883. The van der Waals surface area contributed by atoms with Crippen LogP contribution in [0.1, 0.15) is 19.4 Å². The average molecular weight is 327 g/mol. The van der Waals surface area contributed by atoms with E-state index in [1.165, 1.54) is 0 Å². The maximum absolute atomic E-state index is 12.6. The highest BCUT2D eigenvalue weighted by atomic mass is 16.5. The van der Waals surface area contributed by atoms with E-state index in [2.05, 4.69) is 5.32 Å². The first-order valence-electron chi connectivity index (χ1n) is 8.16. The highest BCUT2D eigenvalue weighted by molar-refractivity contribution is 5.96. The lowest BCUT2D eigenvalue weighted by Gasteiger charge is -2.16. The maximum atomic E-state index is 12.6. The average Bonchev–Trinajstić information content (AvgIpc) is 3.02. The fraction of sp³-hybridized carbons (Fsp3) is 0.316. The minimum atomic E-state index is -0.535. The Morgan fingerprint density at radius 1 is 1.17 bits per heavy atom. The summed E-state index contributed by atoms with van der Waals surface area (Å²) in [6.07, 6.45) is 0.0320. The van der Waals surface area contributed by atoms with Crippen molar-refractivity contribution in [2.45, 2.75) is 26.4 Å². The third kappa shape index (κ3) is 3.45. The summed E-state index contributed by atoms with van der Waals surface area (Å²) in [5.41, 5.74) is 1.64. The molecule has 1 N–H and O–H groups in total. The summed E-state index contributed by atoms with van der Waals surface area (Å²) < 4.78 is 16.8. The van der Waals surface area contributed by atoms with Gasteiger partial charge in [-0.1, -0.05) is 18.2 Å². The Hall–Kier alpha value is -2.69.